The maximum atomic E-state index is 13.5. The summed E-state index contributed by atoms with van der Waals surface area (Å²) in [5, 5.41) is 10.7. The third-order valence-electron chi connectivity index (χ3n) is 3.33. The number of nitro benzene ring substituents is 1. The van der Waals surface area contributed by atoms with Gasteiger partial charge < -0.3 is 4.57 Å². The average molecular weight is 376 g/mol. The zero-order chi connectivity index (χ0) is 16.4. The second-order valence-corrected chi connectivity index (χ2v) is 5.88. The summed E-state index contributed by atoms with van der Waals surface area (Å²) < 4.78 is 16.0. The highest BCUT2D eigenvalue weighted by Crippen LogP contribution is 2.23. The van der Waals surface area contributed by atoms with E-state index in [9.17, 15) is 14.5 Å². The van der Waals surface area contributed by atoms with Crippen LogP contribution < -0.4 is 0 Å². The third kappa shape index (κ3) is 3.45. The maximum absolute atomic E-state index is 13.5. The van der Waals surface area contributed by atoms with Crippen molar-refractivity contribution in [1.82, 2.24) is 9.55 Å². The SMILES string of the molecule is O=[N+]([O-])c1ccc(-c2nccn2Cc2cc(F)cc(Br)c2)cc1. The molecule has 2 aromatic carbocycles. The molecule has 7 heteroatoms. The molecule has 116 valence electrons. The Kier molecular flexibility index (Phi) is 4.20. The monoisotopic (exact) mass is 375 g/mol. The van der Waals surface area contributed by atoms with Crippen molar-refractivity contribution in [3.05, 3.63) is 80.8 Å². The normalized spacial score (nSPS) is 10.7. The highest BCUT2D eigenvalue weighted by Gasteiger charge is 2.10. The lowest BCUT2D eigenvalue weighted by molar-refractivity contribution is -0.384. The van der Waals surface area contributed by atoms with Gasteiger partial charge in [-0.25, -0.2) is 9.37 Å². The fourth-order valence-corrected chi connectivity index (χ4v) is 2.84. The van der Waals surface area contributed by atoms with Crippen LogP contribution in [0.3, 0.4) is 0 Å². The van der Waals surface area contributed by atoms with E-state index < -0.39 is 4.92 Å². The fourth-order valence-electron chi connectivity index (χ4n) is 2.33. The molecule has 3 aromatic rings. The first-order chi connectivity index (χ1) is 11.0. The van der Waals surface area contributed by atoms with E-state index in [1.165, 1.54) is 24.3 Å². The van der Waals surface area contributed by atoms with Crippen molar-refractivity contribution in [1.29, 1.82) is 0 Å². The lowest BCUT2D eigenvalue weighted by atomic mass is 10.2. The molecule has 0 fully saturated rings. The van der Waals surface area contributed by atoms with Crippen LogP contribution in [0.1, 0.15) is 5.56 Å². The number of hydrogen-bond donors (Lipinski definition) is 0. The molecule has 0 unspecified atom stereocenters. The van der Waals surface area contributed by atoms with E-state index in [4.69, 9.17) is 0 Å². The van der Waals surface area contributed by atoms with E-state index in [2.05, 4.69) is 20.9 Å². The molecule has 0 saturated heterocycles. The molecular formula is C16H11BrFN3O2. The maximum Gasteiger partial charge on any atom is 0.269 e. The number of aromatic nitrogens is 2. The van der Waals surface area contributed by atoms with Crippen LogP contribution in [0.5, 0.6) is 0 Å². The van der Waals surface area contributed by atoms with Crippen molar-refractivity contribution >= 4 is 21.6 Å². The number of nitro groups is 1. The molecule has 0 bridgehead atoms. The Bertz CT molecular complexity index is 842. The molecule has 0 N–H and O–H groups in total. The molecule has 0 aliphatic heterocycles. The van der Waals surface area contributed by atoms with E-state index in [0.29, 0.717) is 16.8 Å². The number of non-ortho nitro benzene ring substituents is 1. The smallest absolute Gasteiger partial charge is 0.269 e. The second kappa shape index (κ2) is 6.29. The summed E-state index contributed by atoms with van der Waals surface area (Å²) in [6.07, 6.45) is 3.43. The van der Waals surface area contributed by atoms with E-state index in [0.717, 1.165) is 11.1 Å². The number of imidazole rings is 1. The highest BCUT2D eigenvalue weighted by atomic mass is 79.9. The molecule has 0 aliphatic carbocycles. The van der Waals surface area contributed by atoms with Crippen LogP contribution in [0, 0.1) is 15.9 Å². The predicted molar refractivity (Wildman–Crippen MR) is 87.5 cm³/mol. The van der Waals surface area contributed by atoms with Crippen LogP contribution in [-0.4, -0.2) is 14.5 Å². The number of nitrogens with zero attached hydrogens (tertiary/aromatic N) is 3. The Morgan fingerprint density at radius 3 is 2.61 bits per heavy atom. The van der Waals surface area contributed by atoms with Gasteiger partial charge in [-0.15, -0.1) is 0 Å². The van der Waals surface area contributed by atoms with E-state index >= 15 is 0 Å². The van der Waals surface area contributed by atoms with Crippen molar-refractivity contribution in [2.24, 2.45) is 0 Å². The molecule has 5 nitrogen and oxygen atoms in total. The van der Waals surface area contributed by atoms with Gasteiger partial charge in [-0.05, 0) is 35.9 Å². The molecule has 0 atom stereocenters. The van der Waals surface area contributed by atoms with E-state index in [1.807, 2.05) is 10.6 Å². The van der Waals surface area contributed by atoms with Gasteiger partial charge in [0.25, 0.3) is 5.69 Å². The van der Waals surface area contributed by atoms with Gasteiger partial charge in [0.2, 0.25) is 0 Å². The quantitative estimate of drug-likeness (QED) is 0.501. The first-order valence-corrected chi connectivity index (χ1v) is 7.53. The van der Waals surface area contributed by atoms with Crippen LogP contribution in [0.25, 0.3) is 11.4 Å². The first kappa shape index (κ1) is 15.4. The summed E-state index contributed by atoms with van der Waals surface area (Å²) in [6.45, 7) is 0.447. The van der Waals surface area contributed by atoms with Crippen molar-refractivity contribution < 1.29 is 9.31 Å². The molecular weight excluding hydrogens is 365 g/mol. The zero-order valence-electron chi connectivity index (χ0n) is 11.8. The Morgan fingerprint density at radius 1 is 1.22 bits per heavy atom. The van der Waals surface area contributed by atoms with Crippen LogP contribution in [-0.2, 0) is 6.54 Å². The summed E-state index contributed by atoms with van der Waals surface area (Å²) in [7, 11) is 0. The van der Waals surface area contributed by atoms with Crippen molar-refractivity contribution in [3.63, 3.8) is 0 Å². The van der Waals surface area contributed by atoms with Crippen LogP contribution >= 0.6 is 15.9 Å². The molecule has 0 aliphatic rings. The second-order valence-electron chi connectivity index (χ2n) is 4.96. The lowest BCUT2D eigenvalue weighted by Crippen LogP contribution is -2.01. The van der Waals surface area contributed by atoms with Gasteiger partial charge in [0, 0.05) is 41.1 Å². The van der Waals surface area contributed by atoms with E-state index in [-0.39, 0.29) is 11.5 Å². The lowest BCUT2D eigenvalue weighted by Gasteiger charge is -2.09. The summed E-state index contributed by atoms with van der Waals surface area (Å²) in [6, 6.07) is 10.9. The Labute approximate surface area is 139 Å². The van der Waals surface area contributed by atoms with Crippen LogP contribution in [0.15, 0.2) is 59.3 Å². The fraction of sp³-hybridized carbons (Fsp3) is 0.0625. The number of benzene rings is 2. The molecule has 23 heavy (non-hydrogen) atoms. The minimum atomic E-state index is -0.444. The Balaban J connectivity index is 1.91. The van der Waals surface area contributed by atoms with Gasteiger partial charge in [0.15, 0.2) is 0 Å². The van der Waals surface area contributed by atoms with Gasteiger partial charge in [-0.1, -0.05) is 15.9 Å². The standard InChI is InChI=1S/C16H11BrFN3O2/c17-13-7-11(8-14(18)9-13)10-20-6-5-19-16(20)12-1-3-15(4-2-12)21(22)23/h1-9H,10H2. The highest BCUT2D eigenvalue weighted by molar-refractivity contribution is 9.10. The number of halogens is 2. The third-order valence-corrected chi connectivity index (χ3v) is 3.78. The summed E-state index contributed by atoms with van der Waals surface area (Å²) in [5.74, 6) is 0.353. The van der Waals surface area contributed by atoms with Crippen molar-refractivity contribution in [3.8, 4) is 11.4 Å². The Hall–Kier alpha value is -2.54. The molecule has 3 rings (SSSR count). The van der Waals surface area contributed by atoms with Gasteiger partial charge >= 0.3 is 0 Å². The number of rotatable bonds is 4. The summed E-state index contributed by atoms with van der Waals surface area (Å²) in [5.41, 5.74) is 1.58. The minimum absolute atomic E-state index is 0.0286. The van der Waals surface area contributed by atoms with Gasteiger partial charge in [0.05, 0.1) is 4.92 Å². The topological polar surface area (TPSA) is 61.0 Å². The van der Waals surface area contributed by atoms with Gasteiger partial charge in [-0.3, -0.25) is 10.1 Å². The largest absolute Gasteiger partial charge is 0.327 e. The van der Waals surface area contributed by atoms with Crippen LogP contribution in [0.2, 0.25) is 0 Å². The van der Waals surface area contributed by atoms with Crippen molar-refractivity contribution in [2.75, 3.05) is 0 Å². The van der Waals surface area contributed by atoms with Crippen molar-refractivity contribution in [2.45, 2.75) is 6.54 Å². The molecule has 1 heterocycles. The van der Waals surface area contributed by atoms with Gasteiger partial charge in [-0.2, -0.15) is 0 Å². The molecule has 0 amide bonds. The molecule has 0 saturated carbocycles. The van der Waals surface area contributed by atoms with Gasteiger partial charge in [0.1, 0.15) is 11.6 Å². The Morgan fingerprint density at radius 2 is 1.96 bits per heavy atom. The summed E-state index contributed by atoms with van der Waals surface area (Å²) >= 11 is 3.27. The first-order valence-electron chi connectivity index (χ1n) is 6.74. The zero-order valence-corrected chi connectivity index (χ0v) is 13.4. The minimum Gasteiger partial charge on any atom is -0.327 e. The summed E-state index contributed by atoms with van der Waals surface area (Å²) in [4.78, 5) is 14.6. The predicted octanol–water partition coefficient (Wildman–Crippen LogP) is 4.41. The molecule has 0 spiro atoms. The molecule has 0 radical (unpaired) electrons. The van der Waals surface area contributed by atoms with E-state index in [1.54, 1.807) is 24.5 Å². The number of hydrogen-bond acceptors (Lipinski definition) is 3. The average Bonchev–Trinajstić information content (AvgIpc) is 2.94. The molecule has 1 aromatic heterocycles. The van der Waals surface area contributed by atoms with Crippen LogP contribution in [0.4, 0.5) is 10.1 Å².